The van der Waals surface area contributed by atoms with Gasteiger partial charge in [-0.25, -0.2) is 5.43 Å². The number of nitrogens with zero attached hydrogens (tertiary/aromatic N) is 1. The smallest absolute Gasteiger partial charge is 0.280 e. The van der Waals surface area contributed by atoms with Crippen molar-refractivity contribution >= 4 is 29.8 Å². The van der Waals surface area contributed by atoms with E-state index >= 15 is 0 Å². The Kier molecular flexibility index (Phi) is 6.58. The second-order valence-corrected chi connectivity index (χ2v) is 5.60. The van der Waals surface area contributed by atoms with Crippen LogP contribution in [0.25, 0.3) is 6.08 Å². The van der Waals surface area contributed by atoms with Crippen molar-refractivity contribution in [3.05, 3.63) is 70.8 Å². The van der Waals surface area contributed by atoms with Gasteiger partial charge < -0.3 is 4.74 Å². The van der Waals surface area contributed by atoms with E-state index in [2.05, 4.69) is 10.5 Å². The number of carbonyl (C=O) groups excluding carboxylic acids is 1. The van der Waals surface area contributed by atoms with Crippen molar-refractivity contribution in [2.24, 2.45) is 5.10 Å². The Hall–Kier alpha value is -2.59. The summed E-state index contributed by atoms with van der Waals surface area (Å²) in [5, 5.41) is 4.53. The first-order valence-electron chi connectivity index (χ1n) is 7.53. The summed E-state index contributed by atoms with van der Waals surface area (Å²) in [5.41, 5.74) is 4.40. The van der Waals surface area contributed by atoms with Crippen LogP contribution in [-0.2, 0) is 4.79 Å². The van der Waals surface area contributed by atoms with Crippen LogP contribution in [0.1, 0.15) is 18.1 Å². The summed E-state index contributed by atoms with van der Waals surface area (Å²) in [4.78, 5) is 11.9. The number of hydrogen-bond acceptors (Lipinski definition) is 3. The number of benzene rings is 2. The van der Waals surface area contributed by atoms with Gasteiger partial charge in [0.15, 0.2) is 6.10 Å². The summed E-state index contributed by atoms with van der Waals surface area (Å²) in [6.07, 6.45) is 4.50. The molecule has 1 amide bonds. The van der Waals surface area contributed by atoms with Gasteiger partial charge in [-0.05, 0) is 49.2 Å². The number of allylic oxidation sites excluding steroid dienone is 1. The summed E-state index contributed by atoms with van der Waals surface area (Å²) in [6, 6.07) is 15.1. The molecule has 24 heavy (non-hydrogen) atoms. The first-order valence-corrected chi connectivity index (χ1v) is 7.91. The molecule has 124 valence electrons. The average Bonchev–Trinajstić information content (AvgIpc) is 2.58. The molecule has 4 nitrogen and oxygen atoms in total. The van der Waals surface area contributed by atoms with Gasteiger partial charge in [-0.1, -0.05) is 48.0 Å². The standard InChI is InChI=1S/C19H19ClN2O2/c1-14-13-17(10-11-18(14)20)24-15(2)19(23)22-21-12-6-9-16-7-4-3-5-8-16/h3-13,15H,1-2H3,(H,22,23)/b9-6-,21-12?/t15-/m0/s1. The van der Waals surface area contributed by atoms with Gasteiger partial charge in [-0.2, -0.15) is 5.10 Å². The zero-order chi connectivity index (χ0) is 17.4. The molecule has 0 saturated heterocycles. The minimum atomic E-state index is -0.666. The first-order chi connectivity index (χ1) is 11.6. The van der Waals surface area contributed by atoms with Crippen LogP contribution in [0.3, 0.4) is 0 Å². The van der Waals surface area contributed by atoms with Crippen molar-refractivity contribution in [1.29, 1.82) is 0 Å². The molecule has 0 aliphatic heterocycles. The lowest BCUT2D eigenvalue weighted by Gasteiger charge is -2.13. The highest BCUT2D eigenvalue weighted by Crippen LogP contribution is 2.21. The molecule has 0 fully saturated rings. The van der Waals surface area contributed by atoms with E-state index in [4.69, 9.17) is 16.3 Å². The van der Waals surface area contributed by atoms with Gasteiger partial charge in [0.2, 0.25) is 0 Å². The predicted octanol–water partition coefficient (Wildman–Crippen LogP) is 4.23. The monoisotopic (exact) mass is 342 g/mol. The summed E-state index contributed by atoms with van der Waals surface area (Å²) in [7, 11) is 0. The van der Waals surface area contributed by atoms with Crippen LogP contribution in [0.2, 0.25) is 5.02 Å². The number of hydrogen-bond donors (Lipinski definition) is 1. The van der Waals surface area contributed by atoms with Crippen LogP contribution in [0.5, 0.6) is 5.75 Å². The maximum absolute atomic E-state index is 11.9. The second kappa shape index (κ2) is 8.89. The lowest BCUT2D eigenvalue weighted by Crippen LogP contribution is -2.33. The van der Waals surface area contributed by atoms with Crippen LogP contribution < -0.4 is 10.2 Å². The lowest BCUT2D eigenvalue weighted by molar-refractivity contribution is -0.127. The fraction of sp³-hybridized carbons (Fsp3) is 0.158. The molecule has 0 aliphatic carbocycles. The second-order valence-electron chi connectivity index (χ2n) is 5.20. The molecule has 0 saturated carbocycles. The third-order valence-corrected chi connectivity index (χ3v) is 3.66. The third-order valence-electron chi connectivity index (χ3n) is 3.24. The molecule has 0 spiro atoms. The van der Waals surface area contributed by atoms with Crippen molar-refractivity contribution in [3.8, 4) is 5.75 Å². The highest BCUT2D eigenvalue weighted by atomic mass is 35.5. The van der Waals surface area contributed by atoms with Gasteiger partial charge in [0.25, 0.3) is 5.91 Å². The number of aryl methyl sites for hydroxylation is 1. The van der Waals surface area contributed by atoms with Gasteiger partial charge in [0.1, 0.15) is 5.75 Å². The van der Waals surface area contributed by atoms with E-state index in [1.807, 2.05) is 43.3 Å². The maximum Gasteiger partial charge on any atom is 0.280 e. The molecule has 2 aromatic carbocycles. The van der Waals surface area contributed by atoms with E-state index in [0.29, 0.717) is 10.8 Å². The van der Waals surface area contributed by atoms with E-state index in [0.717, 1.165) is 11.1 Å². The molecule has 0 unspecified atom stereocenters. The van der Waals surface area contributed by atoms with Gasteiger partial charge in [-0.3, -0.25) is 4.79 Å². The zero-order valence-electron chi connectivity index (χ0n) is 13.6. The van der Waals surface area contributed by atoms with Crippen LogP contribution in [0, 0.1) is 6.92 Å². The van der Waals surface area contributed by atoms with Crippen LogP contribution in [-0.4, -0.2) is 18.2 Å². The van der Waals surface area contributed by atoms with E-state index in [9.17, 15) is 4.79 Å². The molecule has 0 bridgehead atoms. The fourth-order valence-corrected chi connectivity index (χ4v) is 2.02. The molecule has 0 aromatic heterocycles. The van der Waals surface area contributed by atoms with Crippen LogP contribution in [0.4, 0.5) is 0 Å². The molecular weight excluding hydrogens is 324 g/mol. The number of amides is 1. The van der Waals surface area contributed by atoms with E-state index in [1.54, 1.807) is 31.2 Å². The van der Waals surface area contributed by atoms with E-state index in [-0.39, 0.29) is 5.91 Å². The summed E-state index contributed by atoms with van der Waals surface area (Å²) in [6.45, 7) is 3.54. The Morgan fingerprint density at radius 2 is 2.00 bits per heavy atom. The molecule has 1 atom stereocenters. The quantitative estimate of drug-likeness (QED) is 0.631. The van der Waals surface area contributed by atoms with Gasteiger partial charge in [0, 0.05) is 11.2 Å². The average molecular weight is 343 g/mol. The normalized spacial score (nSPS) is 12.5. The predicted molar refractivity (Wildman–Crippen MR) is 98.4 cm³/mol. The molecule has 2 aromatic rings. The number of hydrazone groups is 1. The Morgan fingerprint density at radius 3 is 2.71 bits per heavy atom. The van der Waals surface area contributed by atoms with Crippen molar-refractivity contribution < 1.29 is 9.53 Å². The highest BCUT2D eigenvalue weighted by Gasteiger charge is 2.14. The highest BCUT2D eigenvalue weighted by molar-refractivity contribution is 6.31. The maximum atomic E-state index is 11.9. The zero-order valence-corrected chi connectivity index (χ0v) is 14.3. The molecule has 2 rings (SSSR count). The Labute approximate surface area is 146 Å². The SMILES string of the molecule is Cc1cc(O[C@@H](C)C(=O)NN=C/C=C\c2ccccc2)ccc1Cl. The van der Waals surface area contributed by atoms with Crippen LogP contribution in [0.15, 0.2) is 59.7 Å². The number of ether oxygens (including phenoxy) is 1. The van der Waals surface area contributed by atoms with Crippen molar-refractivity contribution in [3.63, 3.8) is 0 Å². The Balaban J connectivity index is 1.82. The largest absolute Gasteiger partial charge is 0.481 e. The number of carbonyl (C=O) groups is 1. The van der Waals surface area contributed by atoms with Gasteiger partial charge in [0.05, 0.1) is 0 Å². The number of halogens is 1. The minimum absolute atomic E-state index is 0.327. The molecule has 1 N–H and O–H groups in total. The molecule has 0 heterocycles. The lowest BCUT2D eigenvalue weighted by atomic mass is 10.2. The van der Waals surface area contributed by atoms with Crippen molar-refractivity contribution in [1.82, 2.24) is 5.43 Å². The minimum Gasteiger partial charge on any atom is -0.481 e. The third kappa shape index (κ3) is 5.56. The molecule has 0 aliphatic rings. The molecular formula is C19H19ClN2O2. The molecule has 5 heteroatoms. The summed E-state index contributed by atoms with van der Waals surface area (Å²) >= 11 is 5.96. The van der Waals surface area contributed by atoms with Gasteiger partial charge >= 0.3 is 0 Å². The van der Waals surface area contributed by atoms with E-state index in [1.165, 1.54) is 6.21 Å². The van der Waals surface area contributed by atoms with Crippen molar-refractivity contribution in [2.75, 3.05) is 0 Å². The Morgan fingerprint density at radius 1 is 1.25 bits per heavy atom. The van der Waals surface area contributed by atoms with Crippen LogP contribution >= 0.6 is 11.6 Å². The number of rotatable bonds is 6. The number of nitrogens with one attached hydrogen (secondary N) is 1. The summed E-state index contributed by atoms with van der Waals surface area (Å²) < 4.78 is 5.58. The molecule has 0 radical (unpaired) electrons. The van der Waals surface area contributed by atoms with Crippen molar-refractivity contribution in [2.45, 2.75) is 20.0 Å². The first kappa shape index (κ1) is 17.8. The van der Waals surface area contributed by atoms with E-state index < -0.39 is 6.10 Å². The summed E-state index contributed by atoms with van der Waals surface area (Å²) in [5.74, 6) is 0.263. The Bertz CT molecular complexity index is 742. The topological polar surface area (TPSA) is 50.7 Å². The van der Waals surface area contributed by atoms with Gasteiger partial charge in [-0.15, -0.1) is 0 Å². The fourth-order valence-electron chi connectivity index (χ4n) is 1.90.